The molecule has 0 radical (unpaired) electrons. The van der Waals surface area contributed by atoms with E-state index in [2.05, 4.69) is 46.7 Å². The van der Waals surface area contributed by atoms with Crippen LogP contribution in [-0.2, 0) is 11.3 Å². The number of thioether (sulfide) groups is 1. The average Bonchev–Trinajstić information content (AvgIpc) is 3.43. The highest BCUT2D eigenvalue weighted by molar-refractivity contribution is 8.26. The summed E-state index contributed by atoms with van der Waals surface area (Å²) in [6.07, 6.45) is 5.37. The molecule has 0 saturated heterocycles. The molecule has 178 valence electrons. The van der Waals surface area contributed by atoms with E-state index in [1.54, 1.807) is 6.08 Å². The SMILES string of the molecule is CCC1=NN2C(=N)C(=Cc3cn(CCCOc4ccc(C)c(C)c4)c4ccccc34)C(=O)N=C2S1. The van der Waals surface area contributed by atoms with Gasteiger partial charge in [0.05, 0.1) is 12.2 Å². The highest BCUT2D eigenvalue weighted by Gasteiger charge is 2.35. The van der Waals surface area contributed by atoms with Crippen LogP contribution >= 0.6 is 11.8 Å². The predicted octanol–water partition coefficient (Wildman–Crippen LogP) is 5.76. The number of aryl methyl sites for hydroxylation is 3. The van der Waals surface area contributed by atoms with E-state index in [0.717, 1.165) is 46.6 Å². The third-order valence-corrected chi connectivity index (χ3v) is 7.26. The Hall–Kier alpha value is -3.65. The summed E-state index contributed by atoms with van der Waals surface area (Å²) in [5.74, 6) is 0.550. The maximum atomic E-state index is 12.8. The third kappa shape index (κ3) is 4.53. The molecule has 3 heterocycles. The van der Waals surface area contributed by atoms with Gasteiger partial charge in [0.2, 0.25) is 5.17 Å². The van der Waals surface area contributed by atoms with Crippen molar-refractivity contribution in [3.8, 4) is 5.75 Å². The maximum Gasteiger partial charge on any atom is 0.283 e. The molecule has 0 bridgehead atoms. The van der Waals surface area contributed by atoms with E-state index in [1.807, 2.05) is 37.4 Å². The number of hydrazone groups is 1. The summed E-state index contributed by atoms with van der Waals surface area (Å²) >= 11 is 1.35. The summed E-state index contributed by atoms with van der Waals surface area (Å²) in [6, 6.07) is 14.3. The van der Waals surface area contributed by atoms with Crippen LogP contribution in [-0.4, -0.2) is 38.1 Å². The number of aromatic nitrogens is 1. The van der Waals surface area contributed by atoms with Crippen molar-refractivity contribution < 1.29 is 9.53 Å². The van der Waals surface area contributed by atoms with Gasteiger partial charge in [-0.1, -0.05) is 31.2 Å². The summed E-state index contributed by atoms with van der Waals surface area (Å²) in [4.78, 5) is 16.9. The first-order chi connectivity index (χ1) is 16.9. The van der Waals surface area contributed by atoms with Crippen LogP contribution in [0.4, 0.5) is 0 Å². The number of benzene rings is 2. The monoisotopic (exact) mass is 485 g/mol. The highest BCUT2D eigenvalue weighted by Crippen LogP contribution is 2.31. The normalized spacial score (nSPS) is 16.7. The number of hydrogen-bond donors (Lipinski definition) is 1. The van der Waals surface area contributed by atoms with E-state index < -0.39 is 5.91 Å². The van der Waals surface area contributed by atoms with Gasteiger partial charge in [0, 0.05) is 29.2 Å². The molecule has 0 atom stereocenters. The van der Waals surface area contributed by atoms with Crippen molar-refractivity contribution in [2.75, 3.05) is 6.61 Å². The van der Waals surface area contributed by atoms with E-state index in [1.165, 1.54) is 27.9 Å². The second-order valence-corrected chi connectivity index (χ2v) is 9.65. The number of para-hydroxylation sites is 1. The molecule has 1 amide bonds. The van der Waals surface area contributed by atoms with Crippen molar-refractivity contribution in [3.05, 3.63) is 70.9 Å². The van der Waals surface area contributed by atoms with Crippen molar-refractivity contribution in [1.29, 1.82) is 5.41 Å². The Morgan fingerprint density at radius 3 is 2.77 bits per heavy atom. The van der Waals surface area contributed by atoms with Crippen LogP contribution in [0.1, 0.15) is 36.5 Å². The number of aliphatic imine (C=N–C) groups is 1. The molecule has 35 heavy (non-hydrogen) atoms. The molecule has 8 heteroatoms. The fourth-order valence-corrected chi connectivity index (χ4v) is 4.96. The standard InChI is InChI=1S/C27H27N5O2S/c1-4-24-30-32-25(28)22(26(33)29-27(32)35-24)15-19-16-31(23-9-6-5-8-21(19)23)12-7-13-34-20-11-10-17(2)18(3)14-20/h5-6,8-11,14-16,28H,4,7,12-13H2,1-3H3. The first kappa shape index (κ1) is 23.1. The Balaban J connectivity index is 1.36. The molecule has 0 fully saturated rings. The first-order valence-corrected chi connectivity index (χ1v) is 12.5. The minimum atomic E-state index is -0.403. The molecule has 5 rings (SSSR count). The summed E-state index contributed by atoms with van der Waals surface area (Å²) in [6.45, 7) is 7.56. The van der Waals surface area contributed by atoms with Crippen molar-refractivity contribution in [2.45, 2.75) is 40.2 Å². The lowest BCUT2D eigenvalue weighted by Crippen LogP contribution is -2.35. The molecule has 0 spiro atoms. The molecule has 3 aromatic rings. The Labute approximate surface area is 208 Å². The lowest BCUT2D eigenvalue weighted by Gasteiger charge is -2.20. The maximum absolute atomic E-state index is 12.8. The zero-order valence-electron chi connectivity index (χ0n) is 20.0. The van der Waals surface area contributed by atoms with Crippen LogP contribution in [0.3, 0.4) is 0 Å². The van der Waals surface area contributed by atoms with Crippen LogP contribution in [0, 0.1) is 19.3 Å². The number of nitrogens with zero attached hydrogens (tertiary/aromatic N) is 4. The molecule has 0 saturated carbocycles. The molecule has 2 aliphatic heterocycles. The lowest BCUT2D eigenvalue weighted by molar-refractivity contribution is -0.114. The number of amides is 1. The molecule has 1 aromatic heterocycles. The van der Waals surface area contributed by atoms with Gasteiger partial charge in [0.15, 0.2) is 5.84 Å². The molecule has 7 nitrogen and oxygen atoms in total. The van der Waals surface area contributed by atoms with E-state index in [-0.39, 0.29) is 11.4 Å². The number of nitrogens with one attached hydrogen (secondary N) is 1. The number of ether oxygens (including phenoxy) is 1. The molecular weight excluding hydrogens is 458 g/mol. The number of hydrogen-bond acceptors (Lipinski definition) is 5. The van der Waals surface area contributed by atoms with Crippen molar-refractivity contribution >= 4 is 50.7 Å². The van der Waals surface area contributed by atoms with Crippen molar-refractivity contribution in [1.82, 2.24) is 9.58 Å². The van der Waals surface area contributed by atoms with E-state index in [4.69, 9.17) is 10.1 Å². The van der Waals surface area contributed by atoms with Crippen LogP contribution in [0.25, 0.3) is 17.0 Å². The van der Waals surface area contributed by atoms with E-state index in [9.17, 15) is 4.79 Å². The number of rotatable bonds is 7. The van der Waals surface area contributed by atoms with Gasteiger partial charge in [-0.3, -0.25) is 10.2 Å². The highest BCUT2D eigenvalue weighted by atomic mass is 32.2. The van der Waals surface area contributed by atoms with Gasteiger partial charge in [-0.15, -0.1) is 0 Å². The quantitative estimate of drug-likeness (QED) is 0.341. The molecule has 1 N–H and O–H groups in total. The van der Waals surface area contributed by atoms with Gasteiger partial charge in [-0.2, -0.15) is 15.1 Å². The van der Waals surface area contributed by atoms with Crippen LogP contribution < -0.4 is 4.74 Å². The van der Waals surface area contributed by atoms with Crippen LogP contribution in [0.15, 0.2) is 64.3 Å². The number of fused-ring (bicyclic) bond motifs is 2. The van der Waals surface area contributed by atoms with Gasteiger partial charge in [0.1, 0.15) is 10.8 Å². The van der Waals surface area contributed by atoms with Gasteiger partial charge in [-0.05, 0) is 73.9 Å². The summed E-state index contributed by atoms with van der Waals surface area (Å²) < 4.78 is 8.13. The van der Waals surface area contributed by atoms with Crippen molar-refractivity contribution in [2.24, 2.45) is 10.1 Å². The molecule has 2 aliphatic rings. The van der Waals surface area contributed by atoms with Crippen LogP contribution in [0.5, 0.6) is 5.75 Å². The Kier molecular flexibility index (Phi) is 6.30. The zero-order chi connectivity index (χ0) is 24.5. The third-order valence-electron chi connectivity index (χ3n) is 6.21. The predicted molar refractivity (Wildman–Crippen MR) is 143 cm³/mol. The number of carbonyl (C=O) groups excluding carboxylic acids is 1. The zero-order valence-corrected chi connectivity index (χ0v) is 20.9. The van der Waals surface area contributed by atoms with Gasteiger partial charge in [-0.25, -0.2) is 0 Å². The summed E-state index contributed by atoms with van der Waals surface area (Å²) in [5, 5.41) is 16.8. The smallest absolute Gasteiger partial charge is 0.283 e. The summed E-state index contributed by atoms with van der Waals surface area (Å²) in [7, 11) is 0. The molecule has 0 aliphatic carbocycles. The second-order valence-electron chi connectivity index (χ2n) is 8.61. The van der Waals surface area contributed by atoms with Crippen LogP contribution in [0.2, 0.25) is 0 Å². The van der Waals surface area contributed by atoms with Crippen molar-refractivity contribution in [3.63, 3.8) is 0 Å². The van der Waals surface area contributed by atoms with Gasteiger partial charge < -0.3 is 9.30 Å². The largest absolute Gasteiger partial charge is 0.494 e. The topological polar surface area (TPSA) is 83.0 Å². The fourth-order valence-electron chi connectivity index (χ4n) is 4.13. The minimum absolute atomic E-state index is 0.0644. The minimum Gasteiger partial charge on any atom is -0.494 e. The lowest BCUT2D eigenvalue weighted by atomic mass is 10.1. The fraction of sp³-hybridized carbons (Fsp3) is 0.259. The second kappa shape index (κ2) is 9.54. The van der Waals surface area contributed by atoms with Gasteiger partial charge in [0.25, 0.3) is 5.91 Å². The Bertz CT molecular complexity index is 1430. The number of carbonyl (C=O) groups is 1. The van der Waals surface area contributed by atoms with E-state index >= 15 is 0 Å². The van der Waals surface area contributed by atoms with E-state index in [0.29, 0.717) is 11.8 Å². The Morgan fingerprint density at radius 1 is 1.14 bits per heavy atom. The first-order valence-electron chi connectivity index (χ1n) is 11.7. The number of amidine groups is 2. The Morgan fingerprint density at radius 2 is 1.97 bits per heavy atom. The summed E-state index contributed by atoms with van der Waals surface area (Å²) in [5.41, 5.74) is 4.68. The van der Waals surface area contributed by atoms with Gasteiger partial charge >= 0.3 is 0 Å². The molecule has 0 unspecified atom stereocenters. The molecular formula is C27H27N5O2S. The average molecular weight is 486 g/mol. The molecule has 2 aromatic carbocycles.